The second-order valence-electron chi connectivity index (χ2n) is 6.78. The lowest BCUT2D eigenvalue weighted by Crippen LogP contribution is -2.28. The molecule has 0 spiro atoms. The molecule has 1 amide bonds. The van der Waals surface area contributed by atoms with Gasteiger partial charge in [-0.25, -0.2) is 0 Å². The average molecular weight is 431 g/mol. The Balaban J connectivity index is 1.77. The first kappa shape index (κ1) is 21.2. The molecule has 29 heavy (non-hydrogen) atoms. The zero-order valence-electron chi connectivity index (χ0n) is 16.3. The number of nitrogens with zero attached hydrogens (tertiary/aromatic N) is 3. The first-order chi connectivity index (χ1) is 14.0. The number of aromatic nitrogens is 3. The summed E-state index contributed by atoms with van der Waals surface area (Å²) in [6.07, 6.45) is 0. The Bertz CT molecular complexity index is 947. The van der Waals surface area contributed by atoms with Crippen LogP contribution in [0.4, 0.5) is 0 Å². The number of thioether (sulfide) groups is 1. The van der Waals surface area contributed by atoms with Gasteiger partial charge in [-0.3, -0.25) is 9.36 Å². The molecular weight excluding hydrogens is 408 g/mol. The van der Waals surface area contributed by atoms with E-state index in [9.17, 15) is 4.79 Å². The van der Waals surface area contributed by atoms with Crippen LogP contribution in [-0.2, 0) is 11.4 Å². The minimum Gasteiger partial charge on any atom is -0.484 e. The molecule has 1 heterocycles. The third kappa shape index (κ3) is 5.98. The van der Waals surface area contributed by atoms with Crippen molar-refractivity contribution in [3.05, 3.63) is 65.4 Å². The average Bonchev–Trinajstić information content (AvgIpc) is 3.13. The third-order valence-corrected chi connectivity index (χ3v) is 5.19. The molecule has 0 saturated carbocycles. The van der Waals surface area contributed by atoms with Crippen molar-refractivity contribution in [2.75, 3.05) is 12.3 Å². The Morgan fingerprint density at radius 2 is 1.86 bits per heavy atom. The Kier molecular flexibility index (Phi) is 7.55. The van der Waals surface area contributed by atoms with Gasteiger partial charge in [0, 0.05) is 12.2 Å². The maximum absolute atomic E-state index is 12.1. The smallest absolute Gasteiger partial charge is 0.230 e. The summed E-state index contributed by atoms with van der Waals surface area (Å²) >= 11 is 7.52. The highest BCUT2D eigenvalue weighted by molar-refractivity contribution is 7.99. The lowest BCUT2D eigenvalue weighted by atomic mass is 10.2. The van der Waals surface area contributed by atoms with E-state index in [1.807, 2.05) is 47.0 Å². The molecule has 8 heteroatoms. The van der Waals surface area contributed by atoms with Crippen molar-refractivity contribution >= 4 is 29.3 Å². The molecular formula is C21H23ClN4O2S. The first-order valence-corrected chi connectivity index (χ1v) is 10.7. The molecule has 2 aromatic carbocycles. The summed E-state index contributed by atoms with van der Waals surface area (Å²) in [5, 5.41) is 12.6. The quantitative estimate of drug-likeness (QED) is 0.510. The van der Waals surface area contributed by atoms with E-state index in [1.165, 1.54) is 11.8 Å². The molecule has 1 N–H and O–H groups in total. The van der Waals surface area contributed by atoms with Crippen LogP contribution >= 0.6 is 23.4 Å². The maximum Gasteiger partial charge on any atom is 0.230 e. The van der Waals surface area contributed by atoms with E-state index in [1.54, 1.807) is 12.1 Å². The summed E-state index contributed by atoms with van der Waals surface area (Å²) in [5.41, 5.74) is 0.903. The highest BCUT2D eigenvalue weighted by Crippen LogP contribution is 2.26. The van der Waals surface area contributed by atoms with Crippen LogP contribution < -0.4 is 10.1 Å². The molecule has 0 fully saturated rings. The monoisotopic (exact) mass is 430 g/mol. The lowest BCUT2D eigenvalue weighted by Gasteiger charge is -2.12. The molecule has 0 aliphatic heterocycles. The number of carbonyl (C=O) groups excluding carboxylic acids is 1. The van der Waals surface area contributed by atoms with E-state index >= 15 is 0 Å². The molecule has 3 aromatic rings. The van der Waals surface area contributed by atoms with Crippen molar-refractivity contribution in [3.8, 4) is 11.4 Å². The molecule has 0 saturated heterocycles. The van der Waals surface area contributed by atoms with Gasteiger partial charge in [-0.15, -0.1) is 10.2 Å². The second-order valence-corrected chi connectivity index (χ2v) is 8.13. The summed E-state index contributed by atoms with van der Waals surface area (Å²) in [5.74, 6) is 1.86. The second kappa shape index (κ2) is 10.3. The predicted molar refractivity (Wildman–Crippen MR) is 116 cm³/mol. The van der Waals surface area contributed by atoms with E-state index in [-0.39, 0.29) is 18.3 Å². The summed E-state index contributed by atoms with van der Waals surface area (Å²) in [6.45, 7) is 4.98. The van der Waals surface area contributed by atoms with Crippen LogP contribution in [-0.4, -0.2) is 33.0 Å². The van der Waals surface area contributed by atoms with E-state index in [2.05, 4.69) is 29.4 Å². The summed E-state index contributed by atoms with van der Waals surface area (Å²) in [4.78, 5) is 12.1. The van der Waals surface area contributed by atoms with Gasteiger partial charge in [-0.2, -0.15) is 0 Å². The zero-order chi connectivity index (χ0) is 20.6. The number of rotatable bonds is 9. The van der Waals surface area contributed by atoms with Crippen LogP contribution in [0.15, 0.2) is 59.8 Å². The van der Waals surface area contributed by atoms with E-state index in [0.29, 0.717) is 34.2 Å². The highest BCUT2D eigenvalue weighted by atomic mass is 35.5. The van der Waals surface area contributed by atoms with Gasteiger partial charge in [-0.1, -0.05) is 67.5 Å². The third-order valence-electron chi connectivity index (χ3n) is 3.95. The van der Waals surface area contributed by atoms with Crippen LogP contribution in [0.1, 0.15) is 19.7 Å². The number of hydrogen-bond donors (Lipinski definition) is 1. The van der Waals surface area contributed by atoms with E-state index in [0.717, 1.165) is 5.69 Å². The maximum atomic E-state index is 12.1. The van der Waals surface area contributed by atoms with Crippen LogP contribution in [0, 0.1) is 5.92 Å². The Hall–Kier alpha value is -2.51. The number of carbonyl (C=O) groups is 1. The van der Waals surface area contributed by atoms with Crippen molar-refractivity contribution in [1.82, 2.24) is 20.1 Å². The SMILES string of the molecule is CC(C)CNC(=O)CSc1nnc(COc2ccccc2Cl)n1-c1ccccc1. The van der Waals surface area contributed by atoms with Gasteiger partial charge in [0.2, 0.25) is 5.91 Å². The van der Waals surface area contributed by atoms with Crippen LogP contribution in [0.5, 0.6) is 5.75 Å². The Labute approximate surface area is 179 Å². The number of halogens is 1. The van der Waals surface area contributed by atoms with E-state index < -0.39 is 0 Å². The molecule has 6 nitrogen and oxygen atoms in total. The van der Waals surface area contributed by atoms with Gasteiger partial charge < -0.3 is 10.1 Å². The number of para-hydroxylation sites is 2. The van der Waals surface area contributed by atoms with Crippen LogP contribution in [0.2, 0.25) is 5.02 Å². The first-order valence-electron chi connectivity index (χ1n) is 9.31. The normalized spacial score (nSPS) is 10.9. The van der Waals surface area contributed by atoms with E-state index in [4.69, 9.17) is 16.3 Å². The predicted octanol–water partition coefficient (Wildman–Crippen LogP) is 4.36. The van der Waals surface area contributed by atoms with Gasteiger partial charge in [0.1, 0.15) is 12.4 Å². The number of amides is 1. The molecule has 0 aliphatic rings. The summed E-state index contributed by atoms with van der Waals surface area (Å²) in [7, 11) is 0. The van der Waals surface area contributed by atoms with Gasteiger partial charge in [0.15, 0.2) is 11.0 Å². The van der Waals surface area contributed by atoms with Crippen molar-refractivity contribution in [1.29, 1.82) is 0 Å². The molecule has 0 aliphatic carbocycles. The fraction of sp³-hybridized carbons (Fsp3) is 0.286. The molecule has 0 atom stereocenters. The van der Waals surface area contributed by atoms with Crippen molar-refractivity contribution in [2.24, 2.45) is 5.92 Å². The zero-order valence-corrected chi connectivity index (χ0v) is 17.9. The minimum atomic E-state index is -0.0276. The minimum absolute atomic E-state index is 0.0276. The molecule has 1 aromatic heterocycles. The molecule has 0 unspecified atom stereocenters. The van der Waals surface area contributed by atoms with Crippen LogP contribution in [0.25, 0.3) is 5.69 Å². The highest BCUT2D eigenvalue weighted by Gasteiger charge is 2.17. The Morgan fingerprint density at radius 3 is 2.59 bits per heavy atom. The number of ether oxygens (including phenoxy) is 1. The molecule has 3 rings (SSSR count). The van der Waals surface area contributed by atoms with Crippen molar-refractivity contribution < 1.29 is 9.53 Å². The Morgan fingerprint density at radius 1 is 1.14 bits per heavy atom. The van der Waals surface area contributed by atoms with Crippen LogP contribution in [0.3, 0.4) is 0 Å². The fourth-order valence-corrected chi connectivity index (χ4v) is 3.52. The van der Waals surface area contributed by atoms with Gasteiger partial charge in [0.25, 0.3) is 0 Å². The van der Waals surface area contributed by atoms with Gasteiger partial charge in [0.05, 0.1) is 10.8 Å². The topological polar surface area (TPSA) is 69.0 Å². The standard InChI is InChI=1S/C21H23ClN4O2S/c1-15(2)12-23-20(27)14-29-21-25-24-19(26(21)16-8-4-3-5-9-16)13-28-18-11-7-6-10-17(18)22/h3-11,15H,12-14H2,1-2H3,(H,23,27). The van der Waals surface area contributed by atoms with Crippen molar-refractivity contribution in [3.63, 3.8) is 0 Å². The largest absolute Gasteiger partial charge is 0.484 e. The summed E-state index contributed by atoms with van der Waals surface area (Å²) < 4.78 is 7.75. The molecule has 0 bridgehead atoms. The number of hydrogen-bond acceptors (Lipinski definition) is 5. The number of benzene rings is 2. The van der Waals surface area contributed by atoms with Gasteiger partial charge >= 0.3 is 0 Å². The summed E-state index contributed by atoms with van der Waals surface area (Å²) in [6, 6.07) is 17.0. The molecule has 0 radical (unpaired) electrons. The fourth-order valence-electron chi connectivity index (χ4n) is 2.53. The number of nitrogens with one attached hydrogen (secondary N) is 1. The lowest BCUT2D eigenvalue weighted by molar-refractivity contribution is -0.118. The molecule has 152 valence electrons. The van der Waals surface area contributed by atoms with Crippen molar-refractivity contribution in [2.45, 2.75) is 25.6 Å². The van der Waals surface area contributed by atoms with Gasteiger partial charge in [-0.05, 0) is 30.2 Å².